The van der Waals surface area contributed by atoms with Crippen LogP contribution in [0.3, 0.4) is 0 Å². The quantitative estimate of drug-likeness (QED) is 0.769. The third-order valence-electron chi connectivity index (χ3n) is 3.64. The van der Waals surface area contributed by atoms with Crippen LogP contribution >= 0.6 is 0 Å². The molecule has 1 aliphatic heterocycles. The zero-order valence-corrected chi connectivity index (χ0v) is 11.0. The average molecular weight is 265 g/mol. The second-order valence-corrected chi connectivity index (χ2v) is 4.85. The zero-order valence-electron chi connectivity index (χ0n) is 11.0. The highest BCUT2D eigenvalue weighted by Gasteiger charge is 2.17. The van der Waals surface area contributed by atoms with E-state index >= 15 is 0 Å². The summed E-state index contributed by atoms with van der Waals surface area (Å²) in [6, 6.07) is 12.2. The molecular weight excluding hydrogens is 250 g/mol. The van der Waals surface area contributed by atoms with Crippen molar-refractivity contribution in [3.8, 4) is 17.1 Å². The number of nitrogens with one attached hydrogen (secondary N) is 1. The maximum Gasteiger partial charge on any atom is 0.123 e. The molecule has 1 aromatic carbocycles. The van der Waals surface area contributed by atoms with Gasteiger partial charge in [0.25, 0.3) is 0 Å². The molecule has 5 heteroatoms. The minimum Gasteiger partial charge on any atom is -0.324 e. The number of hydrogen-bond donors (Lipinski definition) is 1. The molecule has 100 valence electrons. The summed E-state index contributed by atoms with van der Waals surface area (Å²) in [6.45, 7) is 2.76. The summed E-state index contributed by atoms with van der Waals surface area (Å²) in [6.07, 6.45) is 3.78. The van der Waals surface area contributed by atoms with Gasteiger partial charge in [-0.1, -0.05) is 18.2 Å². The molecule has 4 rings (SSSR count). The van der Waals surface area contributed by atoms with E-state index < -0.39 is 0 Å². The van der Waals surface area contributed by atoms with Crippen molar-refractivity contribution < 1.29 is 0 Å². The van der Waals surface area contributed by atoms with E-state index in [0.29, 0.717) is 0 Å². The first-order chi connectivity index (χ1) is 9.93. The molecule has 0 saturated heterocycles. The second kappa shape index (κ2) is 4.61. The molecule has 0 saturated carbocycles. The van der Waals surface area contributed by atoms with Gasteiger partial charge in [0.1, 0.15) is 5.82 Å². The lowest BCUT2D eigenvalue weighted by Gasteiger charge is -2.18. The Morgan fingerprint density at radius 2 is 1.95 bits per heavy atom. The predicted octanol–water partition coefficient (Wildman–Crippen LogP) is 1.84. The molecule has 0 unspecified atom stereocenters. The van der Waals surface area contributed by atoms with Crippen molar-refractivity contribution in [1.82, 2.24) is 24.6 Å². The van der Waals surface area contributed by atoms with E-state index in [4.69, 9.17) is 0 Å². The molecule has 0 bridgehead atoms. The SMILES string of the molecule is c1ccc(-n2nccc2-c2cnc3n2CCNC3)cc1. The largest absolute Gasteiger partial charge is 0.324 e. The molecule has 1 N–H and O–H groups in total. The van der Waals surface area contributed by atoms with Crippen LogP contribution in [0.25, 0.3) is 17.1 Å². The van der Waals surface area contributed by atoms with Crippen molar-refractivity contribution in [3.05, 3.63) is 54.6 Å². The van der Waals surface area contributed by atoms with Gasteiger partial charge in [-0.2, -0.15) is 5.10 Å². The van der Waals surface area contributed by atoms with Crippen molar-refractivity contribution in [3.63, 3.8) is 0 Å². The number of imidazole rings is 1. The van der Waals surface area contributed by atoms with Gasteiger partial charge in [0.2, 0.25) is 0 Å². The lowest BCUT2D eigenvalue weighted by molar-refractivity contribution is 0.507. The van der Waals surface area contributed by atoms with Crippen LogP contribution in [0.1, 0.15) is 5.82 Å². The van der Waals surface area contributed by atoms with E-state index in [2.05, 4.69) is 32.1 Å². The normalized spacial score (nSPS) is 14.2. The van der Waals surface area contributed by atoms with Crippen LogP contribution in [0, 0.1) is 0 Å². The first kappa shape index (κ1) is 11.4. The topological polar surface area (TPSA) is 47.7 Å². The Morgan fingerprint density at radius 1 is 1.05 bits per heavy atom. The van der Waals surface area contributed by atoms with E-state index in [1.54, 1.807) is 0 Å². The standard InChI is InChI=1S/C15H15N5/c1-2-4-12(5-3-1)20-13(6-7-18-20)14-10-17-15-11-16-8-9-19(14)15/h1-7,10,16H,8-9,11H2. The van der Waals surface area contributed by atoms with Crippen LogP contribution in [0.5, 0.6) is 0 Å². The Bertz CT molecular complexity index is 726. The smallest absolute Gasteiger partial charge is 0.123 e. The van der Waals surface area contributed by atoms with E-state index in [1.165, 1.54) is 0 Å². The van der Waals surface area contributed by atoms with E-state index in [-0.39, 0.29) is 0 Å². The van der Waals surface area contributed by atoms with Gasteiger partial charge in [-0.3, -0.25) is 0 Å². The van der Waals surface area contributed by atoms with Gasteiger partial charge in [-0.15, -0.1) is 0 Å². The fraction of sp³-hybridized carbons (Fsp3) is 0.200. The highest BCUT2D eigenvalue weighted by atomic mass is 15.3. The molecule has 1 aliphatic rings. The van der Waals surface area contributed by atoms with Crippen molar-refractivity contribution in [2.45, 2.75) is 13.1 Å². The van der Waals surface area contributed by atoms with Crippen LogP contribution in [0.4, 0.5) is 0 Å². The fourth-order valence-electron chi connectivity index (χ4n) is 2.67. The summed E-state index contributed by atoms with van der Waals surface area (Å²) in [4.78, 5) is 4.51. The first-order valence-corrected chi connectivity index (χ1v) is 6.78. The summed E-state index contributed by atoms with van der Waals surface area (Å²) in [5.41, 5.74) is 3.27. The number of aromatic nitrogens is 4. The minimum atomic E-state index is 0.833. The number of para-hydroxylation sites is 1. The Kier molecular flexibility index (Phi) is 2.63. The second-order valence-electron chi connectivity index (χ2n) is 4.85. The summed E-state index contributed by atoms with van der Waals surface area (Å²) in [5, 5.41) is 7.79. The lowest BCUT2D eigenvalue weighted by atomic mass is 10.2. The molecule has 2 aromatic heterocycles. The minimum absolute atomic E-state index is 0.833. The average Bonchev–Trinajstić information content (AvgIpc) is 3.14. The molecular formula is C15H15N5. The van der Waals surface area contributed by atoms with Gasteiger partial charge < -0.3 is 9.88 Å². The van der Waals surface area contributed by atoms with Crippen LogP contribution in [-0.4, -0.2) is 25.9 Å². The molecule has 5 nitrogen and oxygen atoms in total. The maximum atomic E-state index is 4.51. The van der Waals surface area contributed by atoms with E-state index in [1.807, 2.05) is 41.3 Å². The molecule has 0 atom stereocenters. The first-order valence-electron chi connectivity index (χ1n) is 6.78. The molecule has 20 heavy (non-hydrogen) atoms. The molecule has 3 aromatic rings. The van der Waals surface area contributed by atoms with Gasteiger partial charge >= 0.3 is 0 Å². The monoisotopic (exact) mass is 265 g/mol. The molecule has 3 heterocycles. The Balaban J connectivity index is 1.84. The van der Waals surface area contributed by atoms with Gasteiger partial charge in [-0.25, -0.2) is 9.67 Å². The van der Waals surface area contributed by atoms with E-state index in [9.17, 15) is 0 Å². The molecule has 0 aliphatic carbocycles. The maximum absolute atomic E-state index is 4.51. The Hall–Kier alpha value is -2.40. The van der Waals surface area contributed by atoms with Gasteiger partial charge in [0.05, 0.1) is 36.0 Å². The summed E-state index contributed by atoms with van der Waals surface area (Å²) < 4.78 is 4.24. The Morgan fingerprint density at radius 3 is 2.85 bits per heavy atom. The van der Waals surface area contributed by atoms with Gasteiger partial charge in [-0.05, 0) is 18.2 Å². The number of fused-ring (bicyclic) bond motifs is 1. The van der Waals surface area contributed by atoms with Crippen LogP contribution in [-0.2, 0) is 13.1 Å². The Labute approximate surface area is 116 Å². The van der Waals surface area contributed by atoms with Crippen molar-refractivity contribution in [2.24, 2.45) is 0 Å². The molecule has 0 fully saturated rings. The van der Waals surface area contributed by atoms with Crippen molar-refractivity contribution >= 4 is 0 Å². The van der Waals surface area contributed by atoms with Crippen LogP contribution in [0.15, 0.2) is 48.8 Å². The lowest BCUT2D eigenvalue weighted by Crippen LogP contribution is -2.28. The third-order valence-corrected chi connectivity index (χ3v) is 3.64. The summed E-state index contributed by atoms with van der Waals surface area (Å²) in [7, 11) is 0. The summed E-state index contributed by atoms with van der Waals surface area (Å²) >= 11 is 0. The molecule has 0 spiro atoms. The number of nitrogens with zero attached hydrogens (tertiary/aromatic N) is 4. The van der Waals surface area contributed by atoms with Crippen LogP contribution in [0.2, 0.25) is 0 Å². The number of benzene rings is 1. The van der Waals surface area contributed by atoms with Crippen molar-refractivity contribution in [2.75, 3.05) is 6.54 Å². The fourth-order valence-corrected chi connectivity index (χ4v) is 2.67. The third kappa shape index (κ3) is 1.75. The van der Waals surface area contributed by atoms with Crippen LogP contribution < -0.4 is 5.32 Å². The molecule has 0 amide bonds. The van der Waals surface area contributed by atoms with E-state index in [0.717, 1.165) is 42.5 Å². The number of hydrogen-bond acceptors (Lipinski definition) is 3. The highest BCUT2D eigenvalue weighted by Crippen LogP contribution is 2.24. The zero-order chi connectivity index (χ0) is 13.4. The van der Waals surface area contributed by atoms with Gasteiger partial charge in [0, 0.05) is 13.1 Å². The number of rotatable bonds is 2. The highest BCUT2D eigenvalue weighted by molar-refractivity contribution is 5.58. The predicted molar refractivity (Wildman–Crippen MR) is 76.5 cm³/mol. The summed E-state index contributed by atoms with van der Waals surface area (Å²) in [5.74, 6) is 1.09. The molecule has 0 radical (unpaired) electrons. The van der Waals surface area contributed by atoms with Gasteiger partial charge in [0.15, 0.2) is 0 Å². The van der Waals surface area contributed by atoms with Crippen molar-refractivity contribution in [1.29, 1.82) is 0 Å².